The quantitative estimate of drug-likeness (QED) is 0.777. The van der Waals surface area contributed by atoms with E-state index in [4.69, 9.17) is 11.6 Å². The normalized spacial score (nSPS) is 10.2. The van der Waals surface area contributed by atoms with E-state index in [-0.39, 0.29) is 0 Å². The lowest BCUT2D eigenvalue weighted by molar-refractivity contribution is 1.06. The van der Waals surface area contributed by atoms with E-state index in [1.165, 1.54) is 0 Å². The minimum Gasteiger partial charge on any atom is -0.282 e. The molecule has 0 aliphatic carbocycles. The third-order valence-electron chi connectivity index (χ3n) is 1.74. The van der Waals surface area contributed by atoms with Gasteiger partial charge in [0.25, 0.3) is 0 Å². The van der Waals surface area contributed by atoms with E-state index in [1.54, 1.807) is 6.20 Å². The van der Waals surface area contributed by atoms with Gasteiger partial charge in [-0.25, -0.2) is 0 Å². The summed E-state index contributed by atoms with van der Waals surface area (Å²) in [5, 5.41) is 7.44. The number of rotatable bonds is 2. The first kappa shape index (κ1) is 8.32. The molecule has 0 fully saturated rings. The van der Waals surface area contributed by atoms with Crippen LogP contribution in [0, 0.1) is 6.42 Å². The SMILES string of the molecule is Clc1ccccc1[CH]c1ccn[nH]1. The van der Waals surface area contributed by atoms with E-state index >= 15 is 0 Å². The molecule has 2 aromatic rings. The lowest BCUT2D eigenvalue weighted by atomic mass is 10.1. The third kappa shape index (κ3) is 1.90. The molecule has 1 N–H and O–H groups in total. The van der Waals surface area contributed by atoms with Crippen molar-refractivity contribution in [3.8, 4) is 0 Å². The number of nitrogens with zero attached hydrogens (tertiary/aromatic N) is 1. The van der Waals surface area contributed by atoms with Gasteiger partial charge in [-0.15, -0.1) is 0 Å². The summed E-state index contributed by atoms with van der Waals surface area (Å²) >= 11 is 5.98. The Kier molecular flexibility index (Phi) is 2.32. The highest BCUT2D eigenvalue weighted by molar-refractivity contribution is 6.31. The van der Waals surface area contributed by atoms with E-state index in [0.717, 1.165) is 16.3 Å². The molecule has 0 unspecified atom stereocenters. The molecule has 1 aromatic carbocycles. The Labute approximate surface area is 81.6 Å². The number of aromatic nitrogens is 2. The zero-order valence-corrected chi connectivity index (χ0v) is 7.62. The van der Waals surface area contributed by atoms with E-state index in [9.17, 15) is 0 Å². The average Bonchev–Trinajstić information content (AvgIpc) is 2.61. The topological polar surface area (TPSA) is 28.7 Å². The van der Waals surface area contributed by atoms with Crippen molar-refractivity contribution in [2.75, 3.05) is 0 Å². The second kappa shape index (κ2) is 3.62. The van der Waals surface area contributed by atoms with Crippen LogP contribution < -0.4 is 0 Å². The van der Waals surface area contributed by atoms with Crippen LogP contribution in [0.3, 0.4) is 0 Å². The summed E-state index contributed by atoms with van der Waals surface area (Å²) in [5.74, 6) is 0. The molecule has 2 nitrogen and oxygen atoms in total. The Morgan fingerprint density at radius 3 is 2.77 bits per heavy atom. The van der Waals surface area contributed by atoms with Gasteiger partial charge < -0.3 is 0 Å². The molecule has 65 valence electrons. The van der Waals surface area contributed by atoms with Crippen molar-refractivity contribution >= 4 is 11.6 Å². The smallest absolute Gasteiger partial charge is 0.0490 e. The third-order valence-corrected chi connectivity index (χ3v) is 2.08. The first-order chi connectivity index (χ1) is 6.36. The van der Waals surface area contributed by atoms with Crippen LogP contribution in [0.15, 0.2) is 36.5 Å². The molecule has 1 radical (unpaired) electrons. The molecule has 1 heterocycles. The number of hydrogen-bond donors (Lipinski definition) is 1. The fourth-order valence-electron chi connectivity index (χ4n) is 1.11. The Balaban J connectivity index is 2.24. The molecule has 3 heteroatoms. The number of benzene rings is 1. The zero-order valence-electron chi connectivity index (χ0n) is 6.87. The van der Waals surface area contributed by atoms with Gasteiger partial charge in [0.15, 0.2) is 0 Å². The summed E-state index contributed by atoms with van der Waals surface area (Å²) in [6.07, 6.45) is 3.66. The summed E-state index contributed by atoms with van der Waals surface area (Å²) in [6.45, 7) is 0. The monoisotopic (exact) mass is 191 g/mol. The second-order valence-electron chi connectivity index (χ2n) is 2.68. The minimum absolute atomic E-state index is 0.747. The van der Waals surface area contributed by atoms with Gasteiger partial charge in [0.05, 0.1) is 0 Å². The van der Waals surface area contributed by atoms with Crippen molar-refractivity contribution in [2.24, 2.45) is 0 Å². The van der Waals surface area contributed by atoms with Crippen LogP contribution in [-0.4, -0.2) is 10.2 Å². The average molecular weight is 192 g/mol. The van der Waals surface area contributed by atoms with Gasteiger partial charge in [-0.2, -0.15) is 5.10 Å². The zero-order chi connectivity index (χ0) is 9.10. The fourth-order valence-corrected chi connectivity index (χ4v) is 1.30. The van der Waals surface area contributed by atoms with Gasteiger partial charge in [0.1, 0.15) is 0 Å². The van der Waals surface area contributed by atoms with Crippen LogP contribution >= 0.6 is 11.6 Å². The molecular weight excluding hydrogens is 184 g/mol. The van der Waals surface area contributed by atoms with Crippen molar-refractivity contribution in [2.45, 2.75) is 0 Å². The molecule has 0 amide bonds. The highest BCUT2D eigenvalue weighted by Crippen LogP contribution is 2.18. The maximum absolute atomic E-state index is 5.98. The molecular formula is C10H8ClN2. The summed E-state index contributed by atoms with van der Waals surface area (Å²) in [5.41, 5.74) is 1.95. The van der Waals surface area contributed by atoms with E-state index in [1.807, 2.05) is 36.8 Å². The van der Waals surface area contributed by atoms with Crippen LogP contribution in [0.5, 0.6) is 0 Å². The molecule has 0 saturated carbocycles. The van der Waals surface area contributed by atoms with E-state index in [0.29, 0.717) is 0 Å². The van der Waals surface area contributed by atoms with Gasteiger partial charge in [-0.1, -0.05) is 29.8 Å². The molecule has 0 spiro atoms. The molecule has 1 aromatic heterocycles. The van der Waals surface area contributed by atoms with E-state index in [2.05, 4.69) is 10.2 Å². The molecule has 2 rings (SSSR count). The lowest BCUT2D eigenvalue weighted by Gasteiger charge is -1.99. The molecule has 0 aliphatic rings. The summed E-state index contributed by atoms with van der Waals surface area (Å²) in [7, 11) is 0. The first-order valence-corrected chi connectivity index (χ1v) is 4.33. The number of nitrogens with one attached hydrogen (secondary N) is 1. The fraction of sp³-hybridized carbons (Fsp3) is 0. The first-order valence-electron chi connectivity index (χ1n) is 3.95. The molecule has 0 saturated heterocycles. The Morgan fingerprint density at radius 1 is 1.23 bits per heavy atom. The Morgan fingerprint density at radius 2 is 2.08 bits per heavy atom. The molecule has 0 bridgehead atoms. The molecule has 0 atom stereocenters. The van der Waals surface area contributed by atoms with Gasteiger partial charge in [-0.05, 0) is 17.7 Å². The van der Waals surface area contributed by atoms with Crippen molar-refractivity contribution in [1.29, 1.82) is 0 Å². The second-order valence-corrected chi connectivity index (χ2v) is 3.09. The standard InChI is InChI=1S/C10H8ClN2/c11-10-4-2-1-3-8(10)7-9-5-6-12-13-9/h1-7H,(H,12,13). The van der Waals surface area contributed by atoms with Crippen LogP contribution in [0.1, 0.15) is 11.3 Å². The highest BCUT2D eigenvalue weighted by Gasteiger charge is 2.01. The summed E-state index contributed by atoms with van der Waals surface area (Å²) < 4.78 is 0. The van der Waals surface area contributed by atoms with Crippen molar-refractivity contribution in [3.63, 3.8) is 0 Å². The van der Waals surface area contributed by atoms with Crippen LogP contribution in [0.4, 0.5) is 0 Å². The summed E-state index contributed by atoms with van der Waals surface area (Å²) in [4.78, 5) is 0. The largest absolute Gasteiger partial charge is 0.282 e. The predicted molar refractivity (Wildman–Crippen MR) is 52.5 cm³/mol. The summed E-state index contributed by atoms with van der Waals surface area (Å²) in [6, 6.07) is 9.58. The molecule has 13 heavy (non-hydrogen) atoms. The van der Waals surface area contributed by atoms with Crippen LogP contribution in [-0.2, 0) is 0 Å². The lowest BCUT2D eigenvalue weighted by Crippen LogP contribution is -1.86. The maximum atomic E-state index is 5.98. The Bertz CT molecular complexity index is 382. The van der Waals surface area contributed by atoms with Crippen LogP contribution in [0.2, 0.25) is 5.02 Å². The minimum atomic E-state index is 0.747. The number of hydrogen-bond acceptors (Lipinski definition) is 1. The highest BCUT2D eigenvalue weighted by atomic mass is 35.5. The number of halogens is 1. The predicted octanol–water partition coefficient (Wildman–Crippen LogP) is 2.66. The molecule has 0 aliphatic heterocycles. The van der Waals surface area contributed by atoms with Crippen LogP contribution in [0.25, 0.3) is 0 Å². The van der Waals surface area contributed by atoms with E-state index < -0.39 is 0 Å². The van der Waals surface area contributed by atoms with Crippen molar-refractivity contribution < 1.29 is 0 Å². The number of aromatic amines is 1. The Hall–Kier alpha value is -1.28. The van der Waals surface area contributed by atoms with Gasteiger partial charge in [0.2, 0.25) is 0 Å². The van der Waals surface area contributed by atoms with Crippen molar-refractivity contribution in [3.05, 3.63) is 59.2 Å². The maximum Gasteiger partial charge on any atom is 0.0490 e. The van der Waals surface area contributed by atoms with Gasteiger partial charge in [-0.3, -0.25) is 5.10 Å². The number of H-pyrrole nitrogens is 1. The van der Waals surface area contributed by atoms with Gasteiger partial charge >= 0.3 is 0 Å². The van der Waals surface area contributed by atoms with Gasteiger partial charge in [0, 0.05) is 23.3 Å². The van der Waals surface area contributed by atoms with Crippen molar-refractivity contribution in [1.82, 2.24) is 10.2 Å².